The Bertz CT molecular complexity index is 485. The highest BCUT2D eigenvalue weighted by Gasteiger charge is 2.22. The van der Waals surface area contributed by atoms with Crippen LogP contribution in [0.25, 0.3) is 0 Å². The molecule has 1 aliphatic heterocycles. The molecule has 6 heteroatoms. The highest BCUT2D eigenvalue weighted by Crippen LogP contribution is 2.11. The molecule has 0 aliphatic carbocycles. The van der Waals surface area contributed by atoms with Gasteiger partial charge in [0.25, 0.3) is 0 Å². The quantitative estimate of drug-likeness (QED) is 0.837. The average Bonchev–Trinajstić information content (AvgIpc) is 2.39. The number of nitrogens with one attached hydrogen (secondary N) is 1. The number of hydrogen-bond donors (Lipinski definition) is 1. The molecule has 1 heterocycles. The van der Waals surface area contributed by atoms with Gasteiger partial charge in [0.05, 0.1) is 0 Å². The molecule has 1 saturated heterocycles. The minimum Gasteiger partial charge on any atom is -0.339 e. The monoisotopic (exact) mass is 265 g/mol. The average molecular weight is 265 g/mol. The molecule has 2 rings (SSSR count). The Morgan fingerprint density at radius 3 is 2.37 bits per heavy atom. The minimum absolute atomic E-state index is 0.0187. The van der Waals surface area contributed by atoms with Gasteiger partial charge < -0.3 is 15.1 Å². The number of carbonyl (C=O) groups excluding carboxylic acids is 2. The van der Waals surface area contributed by atoms with Crippen molar-refractivity contribution < 1.29 is 14.0 Å². The van der Waals surface area contributed by atoms with Crippen molar-refractivity contribution in [3.63, 3.8) is 0 Å². The molecule has 0 aromatic heterocycles. The number of amides is 3. The Hall–Kier alpha value is -2.11. The topological polar surface area (TPSA) is 52.7 Å². The van der Waals surface area contributed by atoms with Crippen LogP contribution in [-0.4, -0.2) is 47.9 Å². The molecule has 1 fully saturated rings. The fraction of sp³-hybridized carbons (Fsp3) is 0.385. The number of rotatable bonds is 1. The SMILES string of the molecule is CC(=O)N1CCN(C(=O)Nc2cccc(F)c2)CC1. The highest BCUT2D eigenvalue weighted by atomic mass is 19.1. The van der Waals surface area contributed by atoms with Gasteiger partial charge in [-0.15, -0.1) is 0 Å². The van der Waals surface area contributed by atoms with E-state index in [0.717, 1.165) is 0 Å². The summed E-state index contributed by atoms with van der Waals surface area (Å²) in [6.07, 6.45) is 0. The van der Waals surface area contributed by atoms with E-state index >= 15 is 0 Å². The maximum absolute atomic E-state index is 13.0. The van der Waals surface area contributed by atoms with Gasteiger partial charge in [-0.1, -0.05) is 6.07 Å². The summed E-state index contributed by atoms with van der Waals surface area (Å²) in [6, 6.07) is 5.49. The van der Waals surface area contributed by atoms with Crippen LogP contribution in [0.5, 0.6) is 0 Å². The van der Waals surface area contributed by atoms with Crippen LogP contribution in [0.4, 0.5) is 14.9 Å². The first-order valence-corrected chi connectivity index (χ1v) is 6.13. The molecule has 0 bridgehead atoms. The van der Waals surface area contributed by atoms with E-state index in [1.54, 1.807) is 21.9 Å². The first-order valence-electron chi connectivity index (χ1n) is 6.13. The third-order valence-electron chi connectivity index (χ3n) is 3.09. The maximum Gasteiger partial charge on any atom is 0.321 e. The summed E-state index contributed by atoms with van der Waals surface area (Å²) in [7, 11) is 0. The van der Waals surface area contributed by atoms with Crippen molar-refractivity contribution in [3.8, 4) is 0 Å². The van der Waals surface area contributed by atoms with Gasteiger partial charge in [-0.3, -0.25) is 4.79 Å². The van der Waals surface area contributed by atoms with Crippen molar-refractivity contribution in [1.82, 2.24) is 9.80 Å². The molecular formula is C13H16FN3O2. The summed E-state index contributed by atoms with van der Waals surface area (Å²) in [6.45, 7) is 3.56. The molecule has 3 amide bonds. The fourth-order valence-corrected chi connectivity index (χ4v) is 1.99. The lowest BCUT2D eigenvalue weighted by Gasteiger charge is -2.34. The molecule has 1 aromatic carbocycles. The first kappa shape index (κ1) is 13.3. The normalized spacial score (nSPS) is 15.3. The summed E-state index contributed by atoms with van der Waals surface area (Å²) in [5.41, 5.74) is 0.430. The highest BCUT2D eigenvalue weighted by molar-refractivity contribution is 5.89. The van der Waals surface area contributed by atoms with Crippen LogP contribution in [0.15, 0.2) is 24.3 Å². The summed E-state index contributed by atoms with van der Waals surface area (Å²) in [4.78, 5) is 26.4. The lowest BCUT2D eigenvalue weighted by molar-refractivity contribution is -0.130. The van der Waals surface area contributed by atoms with Crippen molar-refractivity contribution in [2.75, 3.05) is 31.5 Å². The predicted molar refractivity (Wildman–Crippen MR) is 69.2 cm³/mol. The Morgan fingerprint density at radius 1 is 1.16 bits per heavy atom. The number of carbonyl (C=O) groups is 2. The second-order valence-corrected chi connectivity index (χ2v) is 4.43. The van der Waals surface area contributed by atoms with Crippen LogP contribution in [0.3, 0.4) is 0 Å². The minimum atomic E-state index is -0.390. The van der Waals surface area contributed by atoms with E-state index in [-0.39, 0.29) is 17.8 Å². The zero-order chi connectivity index (χ0) is 13.8. The third kappa shape index (κ3) is 3.43. The van der Waals surface area contributed by atoms with Crippen LogP contribution in [0, 0.1) is 5.82 Å². The summed E-state index contributed by atoms with van der Waals surface area (Å²) < 4.78 is 13.0. The van der Waals surface area contributed by atoms with Crippen molar-refractivity contribution >= 4 is 17.6 Å². The number of piperazine rings is 1. The number of anilines is 1. The molecular weight excluding hydrogens is 249 g/mol. The first-order chi connectivity index (χ1) is 9.06. The number of hydrogen-bond acceptors (Lipinski definition) is 2. The predicted octanol–water partition coefficient (Wildman–Crippen LogP) is 1.52. The summed E-state index contributed by atoms with van der Waals surface area (Å²) in [5.74, 6) is -0.371. The van der Waals surface area contributed by atoms with Gasteiger partial charge in [0.1, 0.15) is 5.82 Å². The molecule has 0 atom stereocenters. The Morgan fingerprint density at radius 2 is 1.79 bits per heavy atom. The third-order valence-corrected chi connectivity index (χ3v) is 3.09. The van der Waals surface area contributed by atoms with Crippen molar-refractivity contribution in [2.24, 2.45) is 0 Å². The molecule has 19 heavy (non-hydrogen) atoms. The van der Waals surface area contributed by atoms with E-state index in [2.05, 4.69) is 5.32 Å². The second kappa shape index (κ2) is 5.69. The van der Waals surface area contributed by atoms with E-state index < -0.39 is 0 Å². The Labute approximate surface area is 111 Å². The summed E-state index contributed by atoms with van der Waals surface area (Å²) in [5, 5.41) is 2.64. The lowest BCUT2D eigenvalue weighted by Crippen LogP contribution is -2.51. The second-order valence-electron chi connectivity index (χ2n) is 4.43. The van der Waals surface area contributed by atoms with Crippen LogP contribution >= 0.6 is 0 Å². The van der Waals surface area contributed by atoms with Crippen molar-refractivity contribution in [1.29, 1.82) is 0 Å². The largest absolute Gasteiger partial charge is 0.339 e. The van der Waals surface area contributed by atoms with E-state index in [1.165, 1.54) is 19.1 Å². The molecule has 1 aromatic rings. The smallest absolute Gasteiger partial charge is 0.321 e. The number of urea groups is 1. The van der Waals surface area contributed by atoms with Crippen LogP contribution < -0.4 is 5.32 Å². The maximum atomic E-state index is 13.0. The number of halogens is 1. The number of nitrogens with zero attached hydrogens (tertiary/aromatic N) is 2. The zero-order valence-electron chi connectivity index (χ0n) is 10.7. The van der Waals surface area contributed by atoms with Gasteiger partial charge in [0.2, 0.25) is 5.91 Å². The van der Waals surface area contributed by atoms with E-state index in [9.17, 15) is 14.0 Å². The van der Waals surface area contributed by atoms with E-state index in [0.29, 0.717) is 31.9 Å². The van der Waals surface area contributed by atoms with Crippen molar-refractivity contribution in [3.05, 3.63) is 30.1 Å². The molecule has 5 nitrogen and oxygen atoms in total. The summed E-state index contributed by atoms with van der Waals surface area (Å²) >= 11 is 0. The molecule has 0 unspecified atom stereocenters. The van der Waals surface area contributed by atoms with E-state index in [1.807, 2.05) is 0 Å². The molecule has 102 valence electrons. The van der Waals surface area contributed by atoms with Gasteiger partial charge in [0.15, 0.2) is 0 Å². The van der Waals surface area contributed by atoms with Crippen LogP contribution in [0.2, 0.25) is 0 Å². The van der Waals surface area contributed by atoms with Gasteiger partial charge in [-0.05, 0) is 18.2 Å². The lowest BCUT2D eigenvalue weighted by atomic mass is 10.3. The van der Waals surface area contributed by atoms with Crippen molar-refractivity contribution in [2.45, 2.75) is 6.92 Å². The molecule has 0 radical (unpaired) electrons. The van der Waals surface area contributed by atoms with Gasteiger partial charge in [0, 0.05) is 38.8 Å². The zero-order valence-corrected chi connectivity index (χ0v) is 10.7. The van der Waals surface area contributed by atoms with Gasteiger partial charge >= 0.3 is 6.03 Å². The number of benzene rings is 1. The van der Waals surface area contributed by atoms with Crippen LogP contribution in [-0.2, 0) is 4.79 Å². The van der Waals surface area contributed by atoms with Gasteiger partial charge in [-0.25, -0.2) is 9.18 Å². The molecule has 0 spiro atoms. The Balaban J connectivity index is 1.90. The standard InChI is InChI=1S/C13H16FN3O2/c1-10(18)16-5-7-17(8-6-16)13(19)15-12-4-2-3-11(14)9-12/h2-4,9H,5-8H2,1H3,(H,15,19). The molecule has 1 aliphatic rings. The fourth-order valence-electron chi connectivity index (χ4n) is 1.99. The molecule has 0 saturated carbocycles. The molecule has 1 N–H and O–H groups in total. The van der Waals surface area contributed by atoms with Crippen LogP contribution in [0.1, 0.15) is 6.92 Å². The van der Waals surface area contributed by atoms with Gasteiger partial charge in [-0.2, -0.15) is 0 Å². The Kier molecular flexibility index (Phi) is 3.99. The van der Waals surface area contributed by atoms with E-state index in [4.69, 9.17) is 0 Å².